The van der Waals surface area contributed by atoms with Crippen LogP contribution in [0.4, 0.5) is 14.9 Å². The number of carbonyl (C=O) groups excluding carboxylic acids is 2. The molecule has 0 aromatic heterocycles. The Morgan fingerprint density at radius 1 is 1.28 bits per heavy atom. The zero-order valence-corrected chi connectivity index (χ0v) is 15.4. The summed E-state index contributed by atoms with van der Waals surface area (Å²) in [6.45, 7) is 7.77. The molecule has 0 N–H and O–H groups in total. The SMILES string of the molecule is CC(=O)N(C)c1ccc(C2=CCN(C(=O)OC(C)(C)C)CC2)c(F)c1. The molecule has 0 spiro atoms. The van der Waals surface area contributed by atoms with Crippen molar-refractivity contribution in [2.24, 2.45) is 0 Å². The molecule has 0 aliphatic carbocycles. The minimum Gasteiger partial charge on any atom is -0.444 e. The van der Waals surface area contributed by atoms with Crippen LogP contribution in [0.5, 0.6) is 0 Å². The highest BCUT2D eigenvalue weighted by atomic mass is 19.1. The molecule has 1 heterocycles. The molecular weight excluding hydrogens is 323 g/mol. The number of halogens is 1. The van der Waals surface area contributed by atoms with Crippen molar-refractivity contribution >= 4 is 23.3 Å². The molecule has 0 atom stereocenters. The quantitative estimate of drug-likeness (QED) is 0.816. The van der Waals surface area contributed by atoms with E-state index in [-0.39, 0.29) is 17.8 Å². The van der Waals surface area contributed by atoms with Crippen LogP contribution in [0.15, 0.2) is 24.3 Å². The molecule has 1 aromatic rings. The van der Waals surface area contributed by atoms with Crippen LogP contribution in [-0.4, -0.2) is 42.6 Å². The maximum absolute atomic E-state index is 14.5. The van der Waals surface area contributed by atoms with Crippen LogP contribution < -0.4 is 4.90 Å². The highest BCUT2D eigenvalue weighted by Crippen LogP contribution is 2.28. The number of ether oxygens (including phenoxy) is 1. The van der Waals surface area contributed by atoms with E-state index in [4.69, 9.17) is 4.74 Å². The molecule has 1 aliphatic heterocycles. The Labute approximate surface area is 148 Å². The molecule has 136 valence electrons. The second-order valence-corrected chi connectivity index (χ2v) is 7.15. The van der Waals surface area contributed by atoms with Gasteiger partial charge in [-0.3, -0.25) is 4.79 Å². The Hall–Kier alpha value is -2.37. The predicted molar refractivity (Wildman–Crippen MR) is 95.9 cm³/mol. The molecule has 5 nitrogen and oxygen atoms in total. The predicted octanol–water partition coefficient (Wildman–Crippen LogP) is 3.83. The van der Waals surface area contributed by atoms with E-state index in [9.17, 15) is 14.0 Å². The van der Waals surface area contributed by atoms with E-state index in [1.807, 2.05) is 26.8 Å². The third-order valence-corrected chi connectivity index (χ3v) is 4.02. The highest BCUT2D eigenvalue weighted by Gasteiger charge is 2.24. The fourth-order valence-electron chi connectivity index (χ4n) is 2.56. The van der Waals surface area contributed by atoms with Gasteiger partial charge in [-0.2, -0.15) is 0 Å². The van der Waals surface area contributed by atoms with Crippen LogP contribution in [0, 0.1) is 5.82 Å². The summed E-state index contributed by atoms with van der Waals surface area (Å²) in [5.74, 6) is -0.528. The topological polar surface area (TPSA) is 49.9 Å². The number of nitrogens with zero attached hydrogens (tertiary/aromatic N) is 2. The van der Waals surface area contributed by atoms with Crippen molar-refractivity contribution in [3.05, 3.63) is 35.7 Å². The minimum absolute atomic E-state index is 0.156. The molecule has 2 rings (SSSR count). The zero-order valence-electron chi connectivity index (χ0n) is 15.4. The van der Waals surface area contributed by atoms with E-state index in [0.717, 1.165) is 5.57 Å². The van der Waals surface area contributed by atoms with Gasteiger partial charge in [0.15, 0.2) is 0 Å². The van der Waals surface area contributed by atoms with Crippen molar-refractivity contribution in [1.82, 2.24) is 4.90 Å². The lowest BCUT2D eigenvalue weighted by molar-refractivity contribution is -0.116. The molecule has 0 bridgehead atoms. The van der Waals surface area contributed by atoms with Crippen molar-refractivity contribution in [3.63, 3.8) is 0 Å². The molecule has 25 heavy (non-hydrogen) atoms. The second-order valence-electron chi connectivity index (χ2n) is 7.15. The van der Waals surface area contributed by atoms with E-state index in [2.05, 4.69) is 0 Å². The van der Waals surface area contributed by atoms with Gasteiger partial charge in [-0.15, -0.1) is 0 Å². The van der Waals surface area contributed by atoms with E-state index < -0.39 is 5.60 Å². The molecule has 0 radical (unpaired) electrons. The first-order valence-electron chi connectivity index (χ1n) is 8.29. The van der Waals surface area contributed by atoms with E-state index >= 15 is 0 Å². The van der Waals surface area contributed by atoms with Gasteiger partial charge in [-0.25, -0.2) is 9.18 Å². The number of hydrogen-bond acceptors (Lipinski definition) is 3. The molecule has 0 saturated heterocycles. The smallest absolute Gasteiger partial charge is 0.410 e. The monoisotopic (exact) mass is 348 g/mol. The summed E-state index contributed by atoms with van der Waals surface area (Å²) in [6.07, 6.45) is 2.04. The van der Waals surface area contributed by atoms with Crippen LogP contribution in [0.3, 0.4) is 0 Å². The first-order valence-corrected chi connectivity index (χ1v) is 8.29. The molecule has 1 aliphatic rings. The number of anilines is 1. The number of rotatable bonds is 2. The molecule has 0 fully saturated rings. The Kier molecular flexibility index (Phi) is 5.50. The maximum Gasteiger partial charge on any atom is 0.410 e. The largest absolute Gasteiger partial charge is 0.444 e. The van der Waals surface area contributed by atoms with Crippen molar-refractivity contribution in [3.8, 4) is 0 Å². The number of hydrogen-bond donors (Lipinski definition) is 0. The van der Waals surface area contributed by atoms with Gasteiger partial charge >= 0.3 is 6.09 Å². The summed E-state index contributed by atoms with van der Waals surface area (Å²) in [5, 5.41) is 0. The van der Waals surface area contributed by atoms with Crippen LogP contribution in [0.2, 0.25) is 0 Å². The Morgan fingerprint density at radius 3 is 2.44 bits per heavy atom. The number of carbonyl (C=O) groups is 2. The maximum atomic E-state index is 14.5. The molecule has 1 aromatic carbocycles. The van der Waals surface area contributed by atoms with Crippen molar-refractivity contribution < 1.29 is 18.7 Å². The van der Waals surface area contributed by atoms with Crippen molar-refractivity contribution in [1.29, 1.82) is 0 Å². The summed E-state index contributed by atoms with van der Waals surface area (Å²) < 4.78 is 19.8. The minimum atomic E-state index is -0.536. The Balaban J connectivity index is 2.11. The third-order valence-electron chi connectivity index (χ3n) is 4.02. The van der Waals surface area contributed by atoms with E-state index in [0.29, 0.717) is 30.8 Å². The molecule has 2 amide bonds. The van der Waals surface area contributed by atoms with Crippen LogP contribution in [-0.2, 0) is 9.53 Å². The number of amides is 2. The highest BCUT2D eigenvalue weighted by molar-refractivity contribution is 5.91. The van der Waals surface area contributed by atoms with Crippen LogP contribution >= 0.6 is 0 Å². The lowest BCUT2D eigenvalue weighted by Crippen LogP contribution is -2.39. The first-order chi connectivity index (χ1) is 11.6. The second kappa shape index (κ2) is 7.25. The summed E-state index contributed by atoms with van der Waals surface area (Å²) in [7, 11) is 1.61. The van der Waals surface area contributed by atoms with Gasteiger partial charge in [0.2, 0.25) is 5.91 Å². The normalized spacial score (nSPS) is 14.8. The lowest BCUT2D eigenvalue weighted by atomic mass is 9.98. The van der Waals surface area contributed by atoms with Gasteiger partial charge in [-0.05, 0) is 51.0 Å². The van der Waals surface area contributed by atoms with Gasteiger partial charge in [0, 0.05) is 38.3 Å². The van der Waals surface area contributed by atoms with Crippen molar-refractivity contribution in [2.75, 3.05) is 25.0 Å². The molecular formula is C19H25FN2O3. The van der Waals surface area contributed by atoms with E-state index in [1.165, 1.54) is 17.9 Å². The van der Waals surface area contributed by atoms with Gasteiger partial charge in [-0.1, -0.05) is 6.08 Å². The summed E-state index contributed by atoms with van der Waals surface area (Å²) in [5.41, 5.74) is 1.34. The Morgan fingerprint density at radius 2 is 1.96 bits per heavy atom. The summed E-state index contributed by atoms with van der Waals surface area (Å²) in [4.78, 5) is 26.5. The fraction of sp³-hybridized carbons (Fsp3) is 0.474. The van der Waals surface area contributed by atoms with Gasteiger partial charge < -0.3 is 14.5 Å². The average molecular weight is 348 g/mol. The van der Waals surface area contributed by atoms with Crippen LogP contribution in [0.1, 0.15) is 39.7 Å². The zero-order chi connectivity index (χ0) is 18.8. The van der Waals surface area contributed by atoms with Crippen molar-refractivity contribution in [2.45, 2.75) is 39.7 Å². The lowest BCUT2D eigenvalue weighted by Gasteiger charge is -2.29. The van der Waals surface area contributed by atoms with Crippen LogP contribution in [0.25, 0.3) is 5.57 Å². The van der Waals surface area contributed by atoms with Gasteiger partial charge in [0.25, 0.3) is 0 Å². The van der Waals surface area contributed by atoms with Gasteiger partial charge in [0.1, 0.15) is 11.4 Å². The molecule has 6 heteroatoms. The van der Waals surface area contributed by atoms with Gasteiger partial charge in [0.05, 0.1) is 0 Å². The first kappa shape index (κ1) is 19.0. The third kappa shape index (κ3) is 4.81. The molecule has 0 saturated carbocycles. The number of benzene rings is 1. The summed E-state index contributed by atoms with van der Waals surface area (Å²) in [6, 6.07) is 4.76. The summed E-state index contributed by atoms with van der Waals surface area (Å²) >= 11 is 0. The standard InChI is InChI=1S/C19H25FN2O3/c1-13(23)21(5)15-6-7-16(17(20)12-15)14-8-10-22(11-9-14)18(24)25-19(2,3)4/h6-8,12H,9-11H2,1-5H3. The fourth-order valence-corrected chi connectivity index (χ4v) is 2.56. The Bertz CT molecular complexity index is 707. The van der Waals surface area contributed by atoms with E-state index in [1.54, 1.807) is 24.1 Å². The average Bonchev–Trinajstić information content (AvgIpc) is 2.52. The molecule has 0 unspecified atom stereocenters.